The molecule has 0 saturated heterocycles. The summed E-state index contributed by atoms with van der Waals surface area (Å²) in [6, 6.07) is 10.5. The molecule has 0 aliphatic heterocycles. The van der Waals surface area contributed by atoms with E-state index in [1.54, 1.807) is 6.33 Å². The Bertz CT molecular complexity index is 731. The van der Waals surface area contributed by atoms with Gasteiger partial charge < -0.3 is 0 Å². The van der Waals surface area contributed by atoms with E-state index in [9.17, 15) is 0 Å². The number of hydrogen-bond acceptors (Lipinski definition) is 3. The number of hydrogen-bond donors (Lipinski definition) is 0. The Balaban J connectivity index is 2.03. The van der Waals surface area contributed by atoms with Crippen LogP contribution < -0.4 is 0 Å². The molecule has 1 aliphatic carbocycles. The average Bonchev–Trinajstić information content (AvgIpc) is 2.86. The molecule has 0 amide bonds. The SMILES string of the molecule is c1ccc(-c2ncnc3sc4c(c23)CCCC4)cc1. The third-order valence-corrected chi connectivity index (χ3v) is 5.00. The zero-order valence-electron chi connectivity index (χ0n) is 10.6. The zero-order valence-corrected chi connectivity index (χ0v) is 11.4. The normalized spacial score (nSPS) is 14.5. The van der Waals surface area contributed by atoms with Crippen LogP contribution in [0.3, 0.4) is 0 Å². The van der Waals surface area contributed by atoms with Crippen LogP contribution in [0.4, 0.5) is 0 Å². The number of rotatable bonds is 1. The van der Waals surface area contributed by atoms with E-state index < -0.39 is 0 Å². The van der Waals surface area contributed by atoms with Gasteiger partial charge in [-0.1, -0.05) is 30.3 Å². The maximum absolute atomic E-state index is 4.55. The van der Waals surface area contributed by atoms with Gasteiger partial charge in [-0.2, -0.15) is 0 Å². The number of nitrogens with zero attached hydrogens (tertiary/aromatic N) is 2. The molecule has 0 saturated carbocycles. The van der Waals surface area contributed by atoms with Crippen molar-refractivity contribution < 1.29 is 0 Å². The Morgan fingerprint density at radius 2 is 1.79 bits per heavy atom. The highest BCUT2D eigenvalue weighted by molar-refractivity contribution is 7.18. The van der Waals surface area contributed by atoms with Crippen LogP contribution in [0, 0.1) is 0 Å². The Morgan fingerprint density at radius 3 is 2.68 bits per heavy atom. The summed E-state index contributed by atoms with van der Waals surface area (Å²) >= 11 is 1.86. The molecular formula is C16H14N2S. The second-order valence-electron chi connectivity index (χ2n) is 4.98. The first-order valence-electron chi connectivity index (χ1n) is 6.74. The lowest BCUT2D eigenvalue weighted by Gasteiger charge is -2.11. The summed E-state index contributed by atoms with van der Waals surface area (Å²) in [5.41, 5.74) is 3.80. The van der Waals surface area contributed by atoms with Gasteiger partial charge in [0.25, 0.3) is 0 Å². The fraction of sp³-hybridized carbons (Fsp3) is 0.250. The molecule has 1 aliphatic rings. The van der Waals surface area contributed by atoms with Crippen molar-refractivity contribution in [1.82, 2.24) is 9.97 Å². The molecule has 0 fully saturated rings. The minimum absolute atomic E-state index is 1.10. The van der Waals surface area contributed by atoms with Crippen molar-refractivity contribution in [3.8, 4) is 11.3 Å². The minimum Gasteiger partial charge on any atom is -0.236 e. The van der Waals surface area contributed by atoms with Gasteiger partial charge in [0, 0.05) is 15.8 Å². The summed E-state index contributed by atoms with van der Waals surface area (Å²) in [6.07, 6.45) is 6.70. The van der Waals surface area contributed by atoms with E-state index in [0.29, 0.717) is 0 Å². The summed E-state index contributed by atoms with van der Waals surface area (Å²) in [5.74, 6) is 0. The smallest absolute Gasteiger partial charge is 0.127 e. The van der Waals surface area contributed by atoms with Crippen molar-refractivity contribution in [2.24, 2.45) is 0 Å². The Morgan fingerprint density at radius 1 is 0.947 bits per heavy atom. The van der Waals surface area contributed by atoms with Gasteiger partial charge in [-0.3, -0.25) is 0 Å². The van der Waals surface area contributed by atoms with Crippen LogP contribution in [-0.2, 0) is 12.8 Å². The van der Waals surface area contributed by atoms with E-state index in [1.807, 2.05) is 17.4 Å². The summed E-state index contributed by atoms with van der Waals surface area (Å²) in [4.78, 5) is 11.7. The van der Waals surface area contributed by atoms with Gasteiger partial charge >= 0.3 is 0 Å². The zero-order chi connectivity index (χ0) is 12.7. The lowest BCUT2D eigenvalue weighted by Crippen LogP contribution is -1.99. The predicted molar refractivity (Wildman–Crippen MR) is 79.5 cm³/mol. The van der Waals surface area contributed by atoms with Gasteiger partial charge in [0.2, 0.25) is 0 Å². The first-order chi connectivity index (χ1) is 9.43. The number of fused-ring (bicyclic) bond motifs is 3. The minimum atomic E-state index is 1.10. The molecule has 4 rings (SSSR count). The molecule has 1 aromatic carbocycles. The molecule has 94 valence electrons. The van der Waals surface area contributed by atoms with Crippen LogP contribution >= 0.6 is 11.3 Å². The number of aromatic nitrogens is 2. The van der Waals surface area contributed by atoms with Crippen LogP contribution in [0.2, 0.25) is 0 Å². The summed E-state index contributed by atoms with van der Waals surface area (Å²) in [7, 11) is 0. The molecule has 0 bridgehead atoms. The van der Waals surface area contributed by atoms with E-state index in [0.717, 1.165) is 10.5 Å². The second-order valence-corrected chi connectivity index (χ2v) is 6.06. The quantitative estimate of drug-likeness (QED) is 0.658. The monoisotopic (exact) mass is 266 g/mol. The molecule has 0 radical (unpaired) electrons. The molecular weight excluding hydrogens is 252 g/mol. The van der Waals surface area contributed by atoms with E-state index >= 15 is 0 Å². The Hall–Kier alpha value is -1.74. The number of benzene rings is 1. The first-order valence-corrected chi connectivity index (χ1v) is 7.56. The fourth-order valence-electron chi connectivity index (χ4n) is 2.91. The van der Waals surface area contributed by atoms with Crippen molar-refractivity contribution in [3.63, 3.8) is 0 Å². The van der Waals surface area contributed by atoms with Crippen molar-refractivity contribution in [2.75, 3.05) is 0 Å². The predicted octanol–water partition coefficient (Wildman–Crippen LogP) is 4.24. The molecule has 0 spiro atoms. The summed E-state index contributed by atoms with van der Waals surface area (Å²) < 4.78 is 0. The Kier molecular flexibility index (Phi) is 2.59. The second kappa shape index (κ2) is 4.42. The largest absolute Gasteiger partial charge is 0.236 e. The summed E-state index contributed by atoms with van der Waals surface area (Å²) in [6.45, 7) is 0. The van der Waals surface area contributed by atoms with Crippen molar-refractivity contribution >= 4 is 21.6 Å². The van der Waals surface area contributed by atoms with Crippen LogP contribution in [0.1, 0.15) is 23.3 Å². The molecule has 0 atom stereocenters. The highest BCUT2D eigenvalue weighted by Gasteiger charge is 2.20. The summed E-state index contributed by atoms with van der Waals surface area (Å²) in [5, 5.41) is 1.30. The highest BCUT2D eigenvalue weighted by atomic mass is 32.1. The third-order valence-electron chi connectivity index (χ3n) is 3.80. The van der Waals surface area contributed by atoms with Crippen LogP contribution in [0.25, 0.3) is 21.5 Å². The molecule has 2 nitrogen and oxygen atoms in total. The van der Waals surface area contributed by atoms with Gasteiger partial charge in [0.1, 0.15) is 11.2 Å². The van der Waals surface area contributed by atoms with Gasteiger partial charge in [0.05, 0.1) is 5.69 Å². The van der Waals surface area contributed by atoms with Gasteiger partial charge in [-0.05, 0) is 31.2 Å². The van der Waals surface area contributed by atoms with Gasteiger partial charge in [-0.15, -0.1) is 11.3 Å². The highest BCUT2D eigenvalue weighted by Crippen LogP contribution is 2.39. The number of aryl methyl sites for hydroxylation is 2. The van der Waals surface area contributed by atoms with E-state index in [1.165, 1.54) is 47.1 Å². The maximum Gasteiger partial charge on any atom is 0.127 e. The lowest BCUT2D eigenvalue weighted by atomic mass is 9.95. The van der Waals surface area contributed by atoms with Crippen LogP contribution in [0.5, 0.6) is 0 Å². The van der Waals surface area contributed by atoms with Gasteiger partial charge in [-0.25, -0.2) is 9.97 Å². The van der Waals surface area contributed by atoms with Gasteiger partial charge in [0.15, 0.2) is 0 Å². The Labute approximate surface area is 116 Å². The van der Waals surface area contributed by atoms with Crippen LogP contribution in [-0.4, -0.2) is 9.97 Å². The standard InChI is InChI=1S/C16H14N2S/c1-2-6-11(7-3-1)15-14-12-8-4-5-9-13(12)19-16(14)18-10-17-15/h1-3,6-7,10H,4-5,8-9H2. The molecule has 19 heavy (non-hydrogen) atoms. The van der Waals surface area contributed by atoms with Crippen molar-refractivity contribution in [1.29, 1.82) is 0 Å². The molecule has 0 unspecified atom stereocenters. The fourth-order valence-corrected chi connectivity index (χ4v) is 4.13. The molecule has 0 N–H and O–H groups in total. The van der Waals surface area contributed by atoms with E-state index in [-0.39, 0.29) is 0 Å². The lowest BCUT2D eigenvalue weighted by molar-refractivity contribution is 0.700. The molecule has 2 heterocycles. The van der Waals surface area contributed by atoms with Crippen LogP contribution in [0.15, 0.2) is 36.7 Å². The topological polar surface area (TPSA) is 25.8 Å². The molecule has 3 heteroatoms. The average molecular weight is 266 g/mol. The van der Waals surface area contributed by atoms with E-state index in [2.05, 4.69) is 34.2 Å². The molecule has 3 aromatic rings. The number of thiophene rings is 1. The first kappa shape index (κ1) is 11.1. The van der Waals surface area contributed by atoms with E-state index in [4.69, 9.17) is 0 Å². The van der Waals surface area contributed by atoms with Crippen molar-refractivity contribution in [3.05, 3.63) is 47.1 Å². The maximum atomic E-state index is 4.55. The van der Waals surface area contributed by atoms with Crippen molar-refractivity contribution in [2.45, 2.75) is 25.7 Å². The third kappa shape index (κ3) is 1.77. The molecule has 2 aromatic heterocycles.